The molecule has 1 aromatic rings. The van der Waals surface area contributed by atoms with Crippen molar-refractivity contribution in [1.82, 2.24) is 5.32 Å². The van der Waals surface area contributed by atoms with Gasteiger partial charge in [-0.1, -0.05) is 28.0 Å². The van der Waals surface area contributed by atoms with Gasteiger partial charge >= 0.3 is 0 Å². The fraction of sp³-hybridized carbons (Fsp3) is 0.455. The van der Waals surface area contributed by atoms with Crippen LogP contribution in [0.25, 0.3) is 0 Å². The van der Waals surface area contributed by atoms with Crippen LogP contribution in [0.15, 0.2) is 28.6 Å². The molecular formula is C11H14BrN. The average molecular weight is 253 g/mol. The zero-order valence-corrected chi connectivity index (χ0v) is 7.96. The van der Waals surface area contributed by atoms with Crippen LogP contribution in [-0.2, 0) is 0 Å². The molecule has 1 N–H and O–H groups in total. The van der Waals surface area contributed by atoms with Crippen LogP contribution in [-0.4, -0.2) is 13.0 Å². The molecule has 0 bridgehead atoms. The third-order valence-electron chi connectivity index (χ3n) is 1.34. The molecule has 1 fully saturated rings. The summed E-state index contributed by atoms with van der Waals surface area (Å²) >= 11 is 2.84. The van der Waals surface area contributed by atoms with Crippen molar-refractivity contribution >= 4 is 15.9 Å². The Labute approximate surface area is 106 Å². The van der Waals surface area contributed by atoms with Gasteiger partial charge in [-0.25, -0.2) is 0 Å². The highest BCUT2D eigenvalue weighted by Crippen LogP contribution is 2.25. The number of rotatable bonds is 1. The predicted octanol–water partition coefficient (Wildman–Crippen LogP) is 2.92. The van der Waals surface area contributed by atoms with Crippen LogP contribution in [0, 0.1) is 0 Å². The highest BCUT2D eigenvalue weighted by molar-refractivity contribution is 9.10. The van der Waals surface area contributed by atoms with E-state index >= 15 is 0 Å². The third kappa shape index (κ3) is 2.32. The summed E-state index contributed by atoms with van der Waals surface area (Å²) < 4.78 is 103. The topological polar surface area (TPSA) is 12.0 Å². The van der Waals surface area contributed by atoms with Gasteiger partial charge in [0, 0.05) is 23.3 Å². The van der Waals surface area contributed by atoms with E-state index in [1.165, 1.54) is 0 Å². The molecule has 70 valence electrons. The predicted molar refractivity (Wildman–Crippen MR) is 59.0 cm³/mol. The van der Waals surface area contributed by atoms with Crippen LogP contribution >= 0.6 is 15.9 Å². The fourth-order valence-corrected chi connectivity index (χ4v) is 1.12. The molecule has 1 atom stereocenters. The molecule has 1 aromatic carbocycles. The maximum Gasteiger partial charge on any atom is 0.0638 e. The Morgan fingerprint density at radius 3 is 3.54 bits per heavy atom. The second-order valence-electron chi connectivity index (χ2n) is 2.19. The van der Waals surface area contributed by atoms with Crippen molar-refractivity contribution < 1.29 is 17.8 Å². The summed E-state index contributed by atoms with van der Waals surface area (Å²) in [6, 6.07) is -3.16. The van der Waals surface area contributed by atoms with E-state index in [0.717, 1.165) is 0 Å². The highest BCUT2D eigenvalue weighted by Gasteiger charge is 2.14. The van der Waals surface area contributed by atoms with Crippen molar-refractivity contribution in [2.75, 3.05) is 13.0 Å². The van der Waals surface area contributed by atoms with Gasteiger partial charge in [0.05, 0.1) is 5.48 Å². The number of benzene rings is 1. The monoisotopic (exact) mass is 252 g/mol. The number of hydrogen-bond donors (Lipinski definition) is 1. The van der Waals surface area contributed by atoms with Gasteiger partial charge in [0.2, 0.25) is 0 Å². The highest BCUT2D eigenvalue weighted by atomic mass is 79.9. The quantitative estimate of drug-likeness (QED) is 0.811. The maximum absolute atomic E-state index is 8.52. The summed E-state index contributed by atoms with van der Waals surface area (Å²) in [5, 5.41) is 1.65. The lowest BCUT2D eigenvalue weighted by Crippen LogP contribution is -2.28. The van der Waals surface area contributed by atoms with E-state index in [9.17, 15) is 0 Å². The van der Waals surface area contributed by atoms with E-state index in [1.807, 2.05) is 0 Å². The molecule has 13 heavy (non-hydrogen) atoms. The van der Waals surface area contributed by atoms with Gasteiger partial charge in [-0.05, 0) is 42.8 Å². The van der Waals surface area contributed by atoms with E-state index in [0.29, 0.717) is 0 Å². The summed E-state index contributed by atoms with van der Waals surface area (Å²) in [6.07, 6.45) is -6.99. The molecule has 0 spiro atoms. The molecule has 2 heteroatoms. The Hall–Kier alpha value is -0.340. The third-order valence-corrected chi connectivity index (χ3v) is 1.74. The van der Waals surface area contributed by atoms with Crippen molar-refractivity contribution in [3.63, 3.8) is 0 Å². The van der Waals surface area contributed by atoms with Crippen LogP contribution in [0.2, 0.25) is 0 Å². The van der Waals surface area contributed by atoms with Gasteiger partial charge in [-0.3, -0.25) is 0 Å². The first kappa shape index (κ1) is 2.42. The lowest BCUT2D eigenvalue weighted by Gasteiger charge is -2.23. The standard InChI is InChI=1S/C11H14BrN/c12-11-5-1-3-9(7-11)10-4-2-6-13-8-10/h1,3,5,7,10,13H,2,4,6,8H2/i1D,2D2,3D,4D2,5D,6D2,7D,8D2,10D. The lowest BCUT2D eigenvalue weighted by molar-refractivity contribution is 0.461. The molecule has 0 aromatic heterocycles. The molecule has 0 amide bonds. The van der Waals surface area contributed by atoms with Gasteiger partial charge in [-0.15, -0.1) is 0 Å². The molecule has 1 heterocycles. The normalized spacial score (nSPS) is 58.7. The second kappa shape index (κ2) is 4.25. The zero-order valence-electron chi connectivity index (χ0n) is 19.4. The molecule has 2 rings (SSSR count). The second-order valence-corrected chi connectivity index (χ2v) is 2.98. The van der Waals surface area contributed by atoms with E-state index in [2.05, 4.69) is 15.9 Å². The molecule has 0 aliphatic carbocycles. The van der Waals surface area contributed by atoms with E-state index in [4.69, 9.17) is 17.8 Å². The van der Waals surface area contributed by atoms with Crippen LogP contribution in [0.3, 0.4) is 0 Å². The Balaban J connectivity index is 3.00. The number of halogens is 1. The number of hydrogen-bond acceptors (Lipinski definition) is 1. The minimum Gasteiger partial charge on any atom is -0.316 e. The van der Waals surface area contributed by atoms with Crippen molar-refractivity contribution in [3.8, 4) is 0 Å². The SMILES string of the molecule is [2H]c1c([2H])c(Br)c([2H])c(C2([2H])C([2H])([2H])NC([2H])([2H])C([2H])([2H])C2([2H])[2H])c1[2H]. The molecule has 1 saturated heterocycles. The molecule has 0 radical (unpaired) electrons. The van der Waals surface area contributed by atoms with E-state index < -0.39 is 61.4 Å². The van der Waals surface area contributed by atoms with Crippen molar-refractivity contribution in [3.05, 3.63) is 34.2 Å². The van der Waals surface area contributed by atoms with Gasteiger partial charge in [0.25, 0.3) is 0 Å². The van der Waals surface area contributed by atoms with Crippen LogP contribution in [0.4, 0.5) is 0 Å². The Morgan fingerprint density at radius 1 is 1.69 bits per heavy atom. The largest absolute Gasteiger partial charge is 0.316 e. The minimum absolute atomic E-state index is 0.374. The first-order chi connectivity index (χ1) is 11.4. The Morgan fingerprint density at radius 2 is 2.62 bits per heavy atom. The lowest BCUT2D eigenvalue weighted by atomic mass is 9.92. The zero-order chi connectivity index (χ0) is 20.7. The molecule has 1 unspecified atom stereocenters. The van der Waals surface area contributed by atoms with Crippen molar-refractivity contribution in [2.24, 2.45) is 0 Å². The minimum atomic E-state index is -3.56. The Bertz CT molecular complexity index is 747. The molecule has 0 saturated carbocycles. The number of piperidine rings is 1. The molecular weight excluding hydrogens is 226 g/mol. The number of nitrogens with one attached hydrogen (secondary N) is 1. The summed E-state index contributed by atoms with van der Waals surface area (Å²) in [5.41, 5.74) is -0.952. The van der Waals surface area contributed by atoms with Crippen LogP contribution in [0.1, 0.15) is 42.0 Å². The summed E-state index contributed by atoms with van der Waals surface area (Å²) in [6.45, 7) is -6.46. The Kier molecular flexibility index (Phi) is 0.791. The van der Waals surface area contributed by atoms with E-state index in [-0.39, 0.29) is 4.47 Å². The van der Waals surface area contributed by atoms with Gasteiger partial charge in [0.15, 0.2) is 0 Å². The fourth-order valence-electron chi connectivity index (χ4n) is 0.821. The smallest absolute Gasteiger partial charge is 0.0638 e. The average Bonchev–Trinajstić information content (AvgIpc) is 2.48. The van der Waals surface area contributed by atoms with Gasteiger partial charge < -0.3 is 5.32 Å². The van der Waals surface area contributed by atoms with Crippen LogP contribution in [0.5, 0.6) is 0 Å². The van der Waals surface area contributed by atoms with Crippen molar-refractivity contribution in [1.29, 1.82) is 0 Å². The van der Waals surface area contributed by atoms with Crippen molar-refractivity contribution in [2.45, 2.75) is 18.6 Å². The van der Waals surface area contributed by atoms with Gasteiger partial charge in [0.1, 0.15) is 0 Å². The summed E-state index contributed by atoms with van der Waals surface area (Å²) in [5.74, 6) is -3.31. The molecule has 1 nitrogen and oxygen atoms in total. The molecule has 1 aliphatic heterocycles. The maximum atomic E-state index is 8.52. The first-order valence-electron chi connectivity index (χ1n) is 9.94. The summed E-state index contributed by atoms with van der Waals surface area (Å²) in [4.78, 5) is 0. The molecule has 1 aliphatic rings. The summed E-state index contributed by atoms with van der Waals surface area (Å²) in [7, 11) is 0. The van der Waals surface area contributed by atoms with E-state index in [1.54, 1.807) is 5.32 Å². The van der Waals surface area contributed by atoms with Crippen LogP contribution < -0.4 is 5.32 Å². The first-order valence-corrected chi connectivity index (χ1v) is 4.23. The van der Waals surface area contributed by atoms with Gasteiger partial charge in [-0.2, -0.15) is 0 Å².